The van der Waals surface area contributed by atoms with E-state index in [0.29, 0.717) is 18.9 Å². The Hall–Kier alpha value is -1.71. The molecule has 0 saturated carbocycles. The van der Waals surface area contributed by atoms with Crippen molar-refractivity contribution in [3.63, 3.8) is 0 Å². The summed E-state index contributed by atoms with van der Waals surface area (Å²) in [6.45, 7) is 10.4. The molecule has 1 heterocycles. The molecule has 0 spiro atoms. The summed E-state index contributed by atoms with van der Waals surface area (Å²) in [6, 6.07) is 8.59. The van der Waals surface area contributed by atoms with Gasteiger partial charge in [0.25, 0.3) is 0 Å². The molecule has 1 aliphatic rings. The number of carbonyl (C=O) groups excluding carboxylic acids is 1. The van der Waals surface area contributed by atoms with Crippen molar-refractivity contribution in [1.29, 1.82) is 0 Å². The molecule has 4 nitrogen and oxygen atoms in total. The summed E-state index contributed by atoms with van der Waals surface area (Å²) >= 11 is 0. The maximum Gasteiger partial charge on any atom is 0.221 e. The zero-order valence-electron chi connectivity index (χ0n) is 15.5. The van der Waals surface area contributed by atoms with Crippen molar-refractivity contribution in [2.24, 2.45) is 11.8 Å². The summed E-state index contributed by atoms with van der Waals surface area (Å²) in [5, 5.41) is 6.30. The number of hydrogen-bond acceptors (Lipinski definition) is 3. The highest BCUT2D eigenvalue weighted by atomic mass is 16.1. The molecule has 0 unspecified atom stereocenters. The van der Waals surface area contributed by atoms with E-state index in [2.05, 4.69) is 60.6 Å². The molecule has 0 bridgehead atoms. The first kappa shape index (κ1) is 18.6. The van der Waals surface area contributed by atoms with E-state index in [1.165, 1.54) is 18.5 Å². The van der Waals surface area contributed by atoms with Crippen molar-refractivity contribution in [2.75, 3.05) is 36.4 Å². The van der Waals surface area contributed by atoms with Crippen molar-refractivity contribution >= 4 is 17.3 Å². The van der Waals surface area contributed by atoms with Crippen LogP contribution in [0.15, 0.2) is 24.3 Å². The van der Waals surface area contributed by atoms with Crippen LogP contribution in [-0.4, -0.2) is 32.1 Å². The number of nitrogens with one attached hydrogen (secondary N) is 2. The molecule has 1 aromatic carbocycles. The molecule has 134 valence electrons. The standard InChI is InChI=1S/C20H33N3O/c1-16(2)8-12-22-20(24)9-13-21-18-4-6-19(7-5-18)23-14-10-17(3)11-15-23/h4-7,16-17,21H,8-15H2,1-3H3,(H,22,24). The Labute approximate surface area is 147 Å². The Balaban J connectivity index is 1.67. The Morgan fingerprint density at radius 1 is 1.17 bits per heavy atom. The molecule has 0 aliphatic carbocycles. The van der Waals surface area contributed by atoms with Crippen LogP contribution in [0.1, 0.15) is 46.5 Å². The molecule has 1 fully saturated rings. The van der Waals surface area contributed by atoms with E-state index in [0.717, 1.165) is 37.7 Å². The van der Waals surface area contributed by atoms with Crippen LogP contribution in [0.3, 0.4) is 0 Å². The van der Waals surface area contributed by atoms with Crippen molar-refractivity contribution in [3.05, 3.63) is 24.3 Å². The van der Waals surface area contributed by atoms with Crippen molar-refractivity contribution in [3.8, 4) is 0 Å². The Morgan fingerprint density at radius 3 is 2.46 bits per heavy atom. The van der Waals surface area contributed by atoms with Gasteiger partial charge in [-0.2, -0.15) is 0 Å². The molecule has 2 rings (SSSR count). The van der Waals surface area contributed by atoms with Gasteiger partial charge in [0.2, 0.25) is 5.91 Å². The summed E-state index contributed by atoms with van der Waals surface area (Å²) < 4.78 is 0. The van der Waals surface area contributed by atoms with Crippen LogP contribution in [0.2, 0.25) is 0 Å². The second kappa shape index (κ2) is 9.55. The number of amides is 1. The van der Waals surface area contributed by atoms with Crippen LogP contribution in [-0.2, 0) is 4.79 Å². The van der Waals surface area contributed by atoms with E-state index in [4.69, 9.17) is 0 Å². The van der Waals surface area contributed by atoms with E-state index < -0.39 is 0 Å². The predicted octanol–water partition coefficient (Wildman–Crippen LogP) is 3.89. The molecule has 4 heteroatoms. The minimum absolute atomic E-state index is 0.127. The highest BCUT2D eigenvalue weighted by Crippen LogP contribution is 2.24. The highest BCUT2D eigenvalue weighted by Gasteiger charge is 2.15. The minimum Gasteiger partial charge on any atom is -0.385 e. The third kappa shape index (κ3) is 6.42. The van der Waals surface area contributed by atoms with Crippen LogP contribution in [0, 0.1) is 11.8 Å². The molecule has 0 aromatic heterocycles. The molecule has 2 N–H and O–H groups in total. The summed E-state index contributed by atoms with van der Waals surface area (Å²) in [5.74, 6) is 1.61. The Bertz CT molecular complexity index is 490. The minimum atomic E-state index is 0.127. The van der Waals surface area contributed by atoms with Gasteiger partial charge in [0.15, 0.2) is 0 Å². The van der Waals surface area contributed by atoms with Crippen molar-refractivity contribution in [2.45, 2.75) is 46.5 Å². The third-order valence-electron chi connectivity index (χ3n) is 4.74. The second-order valence-electron chi connectivity index (χ2n) is 7.43. The van der Waals surface area contributed by atoms with Crippen LogP contribution >= 0.6 is 0 Å². The van der Waals surface area contributed by atoms with Crippen molar-refractivity contribution in [1.82, 2.24) is 5.32 Å². The fraction of sp³-hybridized carbons (Fsp3) is 0.650. The molecule has 1 amide bonds. The quantitative estimate of drug-likeness (QED) is 0.759. The van der Waals surface area contributed by atoms with Gasteiger partial charge in [0, 0.05) is 44.0 Å². The maximum atomic E-state index is 11.7. The van der Waals surface area contributed by atoms with Crippen LogP contribution in [0.4, 0.5) is 11.4 Å². The van der Waals surface area contributed by atoms with E-state index in [1.807, 2.05) is 0 Å². The van der Waals surface area contributed by atoms with E-state index in [9.17, 15) is 4.79 Å². The van der Waals surface area contributed by atoms with Gasteiger partial charge >= 0.3 is 0 Å². The van der Waals surface area contributed by atoms with Gasteiger partial charge in [0.1, 0.15) is 0 Å². The number of hydrogen-bond donors (Lipinski definition) is 2. The number of anilines is 2. The molecular formula is C20H33N3O. The van der Waals surface area contributed by atoms with Gasteiger partial charge in [-0.3, -0.25) is 4.79 Å². The average molecular weight is 332 g/mol. The first-order valence-corrected chi connectivity index (χ1v) is 9.40. The molecule has 0 radical (unpaired) electrons. The number of benzene rings is 1. The summed E-state index contributed by atoms with van der Waals surface area (Å²) in [7, 11) is 0. The lowest BCUT2D eigenvalue weighted by molar-refractivity contribution is -0.120. The van der Waals surface area contributed by atoms with Crippen LogP contribution in [0.5, 0.6) is 0 Å². The molecule has 0 atom stereocenters. The van der Waals surface area contributed by atoms with Gasteiger partial charge in [-0.1, -0.05) is 20.8 Å². The molecule has 1 aliphatic heterocycles. The topological polar surface area (TPSA) is 44.4 Å². The fourth-order valence-corrected chi connectivity index (χ4v) is 2.97. The number of piperidine rings is 1. The van der Waals surface area contributed by atoms with Gasteiger partial charge in [-0.05, 0) is 55.4 Å². The SMILES string of the molecule is CC(C)CCNC(=O)CCNc1ccc(N2CCC(C)CC2)cc1. The largest absolute Gasteiger partial charge is 0.385 e. The number of rotatable bonds is 8. The summed E-state index contributed by atoms with van der Waals surface area (Å²) in [5.41, 5.74) is 2.39. The fourth-order valence-electron chi connectivity index (χ4n) is 2.97. The third-order valence-corrected chi connectivity index (χ3v) is 4.74. The Morgan fingerprint density at radius 2 is 1.83 bits per heavy atom. The summed E-state index contributed by atoms with van der Waals surface area (Å²) in [6.07, 6.45) is 4.12. The predicted molar refractivity (Wildman–Crippen MR) is 103 cm³/mol. The molecule has 1 saturated heterocycles. The monoisotopic (exact) mass is 331 g/mol. The number of carbonyl (C=O) groups is 1. The first-order chi connectivity index (χ1) is 11.5. The van der Waals surface area contributed by atoms with Gasteiger partial charge in [-0.25, -0.2) is 0 Å². The zero-order chi connectivity index (χ0) is 17.4. The number of nitrogens with zero attached hydrogens (tertiary/aromatic N) is 1. The normalized spacial score (nSPS) is 15.6. The van der Waals surface area contributed by atoms with E-state index in [1.54, 1.807) is 0 Å². The van der Waals surface area contributed by atoms with Crippen LogP contribution < -0.4 is 15.5 Å². The highest BCUT2D eigenvalue weighted by molar-refractivity contribution is 5.76. The lowest BCUT2D eigenvalue weighted by atomic mass is 9.99. The molecular weight excluding hydrogens is 298 g/mol. The van der Waals surface area contributed by atoms with E-state index >= 15 is 0 Å². The lowest BCUT2D eigenvalue weighted by Crippen LogP contribution is -2.32. The molecule has 24 heavy (non-hydrogen) atoms. The van der Waals surface area contributed by atoms with Gasteiger partial charge in [0.05, 0.1) is 0 Å². The van der Waals surface area contributed by atoms with E-state index in [-0.39, 0.29) is 5.91 Å². The summed E-state index contributed by atoms with van der Waals surface area (Å²) in [4.78, 5) is 14.2. The van der Waals surface area contributed by atoms with Gasteiger partial charge < -0.3 is 15.5 Å². The second-order valence-corrected chi connectivity index (χ2v) is 7.43. The molecule has 1 aromatic rings. The average Bonchev–Trinajstić information content (AvgIpc) is 2.56. The Kier molecular flexibility index (Phi) is 7.41. The zero-order valence-corrected chi connectivity index (χ0v) is 15.5. The maximum absolute atomic E-state index is 11.7. The lowest BCUT2D eigenvalue weighted by Gasteiger charge is -2.32. The first-order valence-electron chi connectivity index (χ1n) is 9.40. The van der Waals surface area contributed by atoms with Crippen molar-refractivity contribution < 1.29 is 4.79 Å². The smallest absolute Gasteiger partial charge is 0.221 e. The van der Waals surface area contributed by atoms with Crippen LogP contribution in [0.25, 0.3) is 0 Å². The van der Waals surface area contributed by atoms with Gasteiger partial charge in [-0.15, -0.1) is 0 Å².